The number of halogens is 1. The molecule has 3 aromatic rings. The summed E-state index contributed by atoms with van der Waals surface area (Å²) >= 11 is 7.95. The van der Waals surface area contributed by atoms with Crippen molar-refractivity contribution in [1.82, 2.24) is 9.88 Å². The van der Waals surface area contributed by atoms with Crippen molar-refractivity contribution in [2.75, 3.05) is 38.2 Å². The molecule has 1 fully saturated rings. The van der Waals surface area contributed by atoms with Gasteiger partial charge in [0.25, 0.3) is 5.91 Å². The van der Waals surface area contributed by atoms with Crippen molar-refractivity contribution < 1.29 is 9.53 Å². The molecule has 0 bridgehead atoms. The number of hydrogen-bond acceptors (Lipinski definition) is 5. The number of nitrogens with zero attached hydrogens (tertiary/aromatic N) is 3. The minimum absolute atomic E-state index is 0.0560. The third-order valence-electron chi connectivity index (χ3n) is 4.86. The molecule has 1 aliphatic rings. The molecule has 1 aliphatic heterocycles. The lowest BCUT2D eigenvalue weighted by molar-refractivity contribution is 0.0746. The van der Waals surface area contributed by atoms with Crippen molar-refractivity contribution in [3.8, 4) is 5.75 Å². The quantitative estimate of drug-likeness (QED) is 0.658. The molecule has 7 heteroatoms. The first-order valence-electron chi connectivity index (χ1n) is 8.81. The number of hydrogen-bond donors (Lipinski definition) is 0. The zero-order chi connectivity index (χ0) is 19.0. The lowest BCUT2D eigenvalue weighted by Gasteiger charge is -2.34. The Morgan fingerprint density at radius 2 is 1.81 bits per heavy atom. The van der Waals surface area contributed by atoms with Gasteiger partial charge in [-0.1, -0.05) is 29.0 Å². The molecule has 0 atom stereocenters. The van der Waals surface area contributed by atoms with E-state index >= 15 is 0 Å². The normalized spacial score (nSPS) is 14.6. The van der Waals surface area contributed by atoms with Crippen LogP contribution in [0.2, 0.25) is 5.02 Å². The van der Waals surface area contributed by atoms with E-state index in [0.29, 0.717) is 18.7 Å². The Kier molecular flexibility index (Phi) is 4.93. The molecule has 2 heterocycles. The van der Waals surface area contributed by atoms with Crippen LogP contribution in [0.4, 0.5) is 5.13 Å². The lowest BCUT2D eigenvalue weighted by atomic mass is 10.1. The number of amides is 1. The highest BCUT2D eigenvalue weighted by molar-refractivity contribution is 7.22. The summed E-state index contributed by atoms with van der Waals surface area (Å²) in [5.41, 5.74) is 2.79. The highest BCUT2D eigenvalue weighted by Gasteiger charge is 2.24. The van der Waals surface area contributed by atoms with E-state index in [1.807, 2.05) is 48.2 Å². The average molecular weight is 402 g/mol. The summed E-state index contributed by atoms with van der Waals surface area (Å²) in [4.78, 5) is 21.6. The number of aryl methyl sites for hydroxylation is 1. The Morgan fingerprint density at radius 1 is 1.11 bits per heavy atom. The van der Waals surface area contributed by atoms with Crippen molar-refractivity contribution in [3.05, 3.63) is 52.5 Å². The van der Waals surface area contributed by atoms with E-state index in [1.165, 1.54) is 0 Å². The second kappa shape index (κ2) is 7.37. The van der Waals surface area contributed by atoms with Gasteiger partial charge in [-0.25, -0.2) is 4.98 Å². The van der Waals surface area contributed by atoms with Crippen LogP contribution in [0.25, 0.3) is 10.2 Å². The van der Waals surface area contributed by atoms with E-state index in [2.05, 4.69) is 4.90 Å². The van der Waals surface area contributed by atoms with Crippen molar-refractivity contribution in [3.63, 3.8) is 0 Å². The summed E-state index contributed by atoms with van der Waals surface area (Å²) in [5.74, 6) is 0.807. The van der Waals surface area contributed by atoms with Crippen molar-refractivity contribution in [2.24, 2.45) is 0 Å². The first-order chi connectivity index (χ1) is 13.1. The minimum Gasteiger partial charge on any atom is -0.497 e. The van der Waals surface area contributed by atoms with Gasteiger partial charge in [-0.2, -0.15) is 0 Å². The molecule has 0 radical (unpaired) electrons. The summed E-state index contributed by atoms with van der Waals surface area (Å²) in [7, 11) is 1.62. The van der Waals surface area contributed by atoms with Crippen LogP contribution in [-0.2, 0) is 0 Å². The van der Waals surface area contributed by atoms with Crippen molar-refractivity contribution >= 4 is 44.2 Å². The Bertz CT molecular complexity index is 940. The van der Waals surface area contributed by atoms with Crippen LogP contribution in [0, 0.1) is 6.92 Å². The third kappa shape index (κ3) is 3.47. The zero-order valence-corrected chi connectivity index (χ0v) is 16.8. The lowest BCUT2D eigenvalue weighted by Crippen LogP contribution is -2.48. The first-order valence-corrected chi connectivity index (χ1v) is 10.00. The SMILES string of the molecule is COc1ccc(C(=O)N2CCN(c3nc4c(C)ccc(Cl)c4s3)CC2)cc1. The fourth-order valence-electron chi connectivity index (χ4n) is 3.24. The molecular formula is C20H20ClN3O2S. The number of fused-ring (bicyclic) bond motifs is 1. The van der Waals surface area contributed by atoms with Gasteiger partial charge in [-0.3, -0.25) is 4.79 Å². The first kappa shape index (κ1) is 18.1. The smallest absolute Gasteiger partial charge is 0.253 e. The van der Waals surface area contributed by atoms with Crippen LogP contribution in [0.15, 0.2) is 36.4 Å². The molecule has 4 rings (SSSR count). The van der Waals surface area contributed by atoms with E-state index in [4.69, 9.17) is 21.3 Å². The molecule has 1 aromatic heterocycles. The van der Waals surface area contributed by atoms with Gasteiger partial charge >= 0.3 is 0 Å². The second-order valence-electron chi connectivity index (χ2n) is 6.55. The Hall–Kier alpha value is -2.31. The number of thiazole rings is 1. The largest absolute Gasteiger partial charge is 0.497 e. The van der Waals surface area contributed by atoms with E-state index in [0.717, 1.165) is 44.8 Å². The van der Waals surface area contributed by atoms with Gasteiger partial charge in [0.15, 0.2) is 5.13 Å². The highest BCUT2D eigenvalue weighted by Crippen LogP contribution is 2.35. The minimum atomic E-state index is 0.0560. The summed E-state index contributed by atoms with van der Waals surface area (Å²) in [6, 6.07) is 11.2. The number of piperazine rings is 1. The van der Waals surface area contributed by atoms with E-state index in [1.54, 1.807) is 18.4 Å². The van der Waals surface area contributed by atoms with Gasteiger partial charge in [0, 0.05) is 31.7 Å². The second-order valence-corrected chi connectivity index (χ2v) is 7.93. The monoisotopic (exact) mass is 401 g/mol. The number of carbonyl (C=O) groups excluding carboxylic acids is 1. The maximum atomic E-state index is 12.7. The summed E-state index contributed by atoms with van der Waals surface area (Å²) in [6.07, 6.45) is 0. The molecule has 1 saturated heterocycles. The van der Waals surface area contributed by atoms with Crippen LogP contribution in [0.1, 0.15) is 15.9 Å². The molecular weight excluding hydrogens is 382 g/mol. The van der Waals surface area contributed by atoms with Gasteiger partial charge in [0.05, 0.1) is 22.3 Å². The standard InChI is InChI=1S/C20H20ClN3O2S/c1-13-3-8-16(21)18-17(13)22-20(27-18)24-11-9-23(10-12-24)19(25)14-4-6-15(26-2)7-5-14/h3-8H,9-12H2,1-2H3. The van der Waals surface area contributed by atoms with Crippen LogP contribution in [-0.4, -0.2) is 49.1 Å². The number of rotatable bonds is 3. The summed E-state index contributed by atoms with van der Waals surface area (Å²) < 4.78 is 6.18. The Labute approximate surface area is 167 Å². The van der Waals surface area contributed by atoms with Gasteiger partial charge in [0.2, 0.25) is 0 Å². The molecule has 140 valence electrons. The molecule has 0 saturated carbocycles. The van der Waals surface area contributed by atoms with Crippen LogP contribution < -0.4 is 9.64 Å². The average Bonchev–Trinajstić information content (AvgIpc) is 3.17. The van der Waals surface area contributed by atoms with E-state index in [9.17, 15) is 4.79 Å². The van der Waals surface area contributed by atoms with Crippen LogP contribution in [0.3, 0.4) is 0 Å². The number of anilines is 1. The molecule has 5 nitrogen and oxygen atoms in total. The van der Waals surface area contributed by atoms with Crippen molar-refractivity contribution in [1.29, 1.82) is 0 Å². The van der Waals surface area contributed by atoms with Crippen LogP contribution in [0.5, 0.6) is 5.75 Å². The summed E-state index contributed by atoms with van der Waals surface area (Å²) in [5, 5.41) is 1.71. The Morgan fingerprint density at radius 3 is 2.44 bits per heavy atom. The number of aromatic nitrogens is 1. The molecule has 0 aliphatic carbocycles. The van der Waals surface area contributed by atoms with Crippen molar-refractivity contribution in [2.45, 2.75) is 6.92 Å². The fourth-order valence-corrected chi connectivity index (χ4v) is 4.61. The molecule has 2 aromatic carbocycles. The molecule has 0 unspecified atom stereocenters. The molecule has 1 amide bonds. The number of ether oxygens (including phenoxy) is 1. The fraction of sp³-hybridized carbons (Fsp3) is 0.300. The molecule has 27 heavy (non-hydrogen) atoms. The van der Waals surface area contributed by atoms with Gasteiger partial charge in [0.1, 0.15) is 5.75 Å². The van der Waals surface area contributed by atoms with Crippen LogP contribution >= 0.6 is 22.9 Å². The number of carbonyl (C=O) groups is 1. The molecule has 0 spiro atoms. The maximum absolute atomic E-state index is 12.7. The molecule has 0 N–H and O–H groups in total. The number of methoxy groups -OCH3 is 1. The zero-order valence-electron chi connectivity index (χ0n) is 15.2. The summed E-state index contributed by atoms with van der Waals surface area (Å²) in [6.45, 7) is 4.92. The predicted octanol–water partition coefficient (Wildman–Crippen LogP) is 4.23. The Balaban J connectivity index is 1.46. The number of benzene rings is 2. The van der Waals surface area contributed by atoms with E-state index < -0.39 is 0 Å². The predicted molar refractivity (Wildman–Crippen MR) is 110 cm³/mol. The van der Waals surface area contributed by atoms with Gasteiger partial charge in [-0.15, -0.1) is 0 Å². The highest BCUT2D eigenvalue weighted by atomic mass is 35.5. The van der Waals surface area contributed by atoms with Gasteiger partial charge < -0.3 is 14.5 Å². The van der Waals surface area contributed by atoms with E-state index in [-0.39, 0.29) is 5.91 Å². The topological polar surface area (TPSA) is 45.7 Å². The van der Waals surface area contributed by atoms with Gasteiger partial charge in [-0.05, 0) is 42.8 Å². The third-order valence-corrected chi connectivity index (χ3v) is 6.44. The maximum Gasteiger partial charge on any atom is 0.253 e.